The van der Waals surface area contributed by atoms with Crippen molar-refractivity contribution >= 4 is 11.5 Å². The molecule has 2 rings (SSSR count). The lowest BCUT2D eigenvalue weighted by Crippen LogP contribution is -2.23. The Balaban J connectivity index is 2.05. The van der Waals surface area contributed by atoms with Gasteiger partial charge in [-0.15, -0.1) is 0 Å². The van der Waals surface area contributed by atoms with Gasteiger partial charge in [0.05, 0.1) is 17.9 Å². The molecule has 0 fully saturated rings. The van der Waals surface area contributed by atoms with Crippen LogP contribution in [0.4, 0.5) is 5.69 Å². The van der Waals surface area contributed by atoms with Gasteiger partial charge in [0.15, 0.2) is 5.78 Å². The number of Topliss-reactive ketones (excluding diaryl/α,β-unsaturated/α-hetero) is 1. The molecule has 0 saturated carbocycles. The summed E-state index contributed by atoms with van der Waals surface area (Å²) in [4.78, 5) is 14.4. The van der Waals surface area contributed by atoms with Crippen LogP contribution < -0.4 is 15.0 Å². The average molecular weight is 397 g/mol. The summed E-state index contributed by atoms with van der Waals surface area (Å²) in [5.41, 5.74) is 4.17. The van der Waals surface area contributed by atoms with E-state index in [9.17, 15) is 4.79 Å². The van der Waals surface area contributed by atoms with Crippen molar-refractivity contribution in [2.75, 3.05) is 31.6 Å². The molecule has 4 heteroatoms. The quantitative estimate of drug-likeness (QED) is 0.384. The Labute approximate surface area is 176 Å². The van der Waals surface area contributed by atoms with Gasteiger partial charge in [-0.25, -0.2) is 0 Å². The van der Waals surface area contributed by atoms with Crippen molar-refractivity contribution in [3.05, 3.63) is 59.2 Å². The Hall–Kier alpha value is -2.33. The van der Waals surface area contributed by atoms with Crippen LogP contribution in [0.25, 0.3) is 0 Å². The molecule has 0 aliphatic rings. The molecule has 4 nitrogen and oxygen atoms in total. The van der Waals surface area contributed by atoms with Gasteiger partial charge in [-0.1, -0.05) is 30.3 Å². The van der Waals surface area contributed by atoms with Crippen molar-refractivity contribution in [2.45, 2.75) is 53.0 Å². The second-order valence-electron chi connectivity index (χ2n) is 7.54. The highest BCUT2D eigenvalue weighted by Crippen LogP contribution is 2.34. The van der Waals surface area contributed by atoms with Gasteiger partial charge in [0, 0.05) is 19.6 Å². The summed E-state index contributed by atoms with van der Waals surface area (Å²) in [6, 6.07) is 15.0. The first-order chi connectivity index (χ1) is 14.0. The van der Waals surface area contributed by atoms with Crippen LogP contribution in [-0.2, 0) is 6.42 Å². The van der Waals surface area contributed by atoms with E-state index >= 15 is 0 Å². The fraction of sp³-hybridized carbons (Fsp3) is 0.480. The standard InChI is InChI=1S/C25H36N2O2/c1-6-27(5)23-17-22(18-24(29-7-2)25(23)20(4)28)19(3)26-16-12-11-15-21-13-9-8-10-14-21/h8-10,13-14,17-19,26H,6-7,11-12,15-16H2,1-5H3. The number of aryl methyl sites for hydroxylation is 1. The summed E-state index contributed by atoms with van der Waals surface area (Å²) in [7, 11) is 2.02. The maximum atomic E-state index is 12.3. The molecule has 0 saturated heterocycles. The van der Waals surface area contributed by atoms with E-state index < -0.39 is 0 Å². The van der Waals surface area contributed by atoms with Gasteiger partial charge in [0.1, 0.15) is 5.75 Å². The predicted octanol–water partition coefficient (Wildman–Crippen LogP) is 5.42. The van der Waals surface area contributed by atoms with Crippen molar-refractivity contribution in [1.29, 1.82) is 0 Å². The molecular weight excluding hydrogens is 360 g/mol. The van der Waals surface area contributed by atoms with Gasteiger partial charge in [-0.05, 0) is 76.8 Å². The van der Waals surface area contributed by atoms with Gasteiger partial charge in [0.25, 0.3) is 0 Å². The highest BCUT2D eigenvalue weighted by molar-refractivity contribution is 6.02. The molecule has 0 heterocycles. The van der Waals surface area contributed by atoms with Crippen molar-refractivity contribution in [3.63, 3.8) is 0 Å². The Bertz CT molecular complexity index is 774. The predicted molar refractivity (Wildman–Crippen MR) is 122 cm³/mol. The van der Waals surface area contributed by atoms with Crippen LogP contribution in [0.5, 0.6) is 5.75 Å². The summed E-state index contributed by atoms with van der Waals surface area (Å²) in [5, 5.41) is 3.63. The third kappa shape index (κ3) is 6.60. The van der Waals surface area contributed by atoms with E-state index in [0.29, 0.717) is 17.9 Å². The van der Waals surface area contributed by atoms with Crippen molar-refractivity contribution in [1.82, 2.24) is 5.32 Å². The van der Waals surface area contributed by atoms with Crippen LogP contribution in [0.2, 0.25) is 0 Å². The number of nitrogens with zero attached hydrogens (tertiary/aromatic N) is 1. The molecule has 0 aromatic heterocycles. The van der Waals surface area contributed by atoms with Gasteiger partial charge in [-0.2, -0.15) is 0 Å². The second kappa shape index (κ2) is 11.6. The molecule has 1 N–H and O–H groups in total. The van der Waals surface area contributed by atoms with Crippen molar-refractivity contribution < 1.29 is 9.53 Å². The van der Waals surface area contributed by atoms with Gasteiger partial charge >= 0.3 is 0 Å². The largest absolute Gasteiger partial charge is 0.493 e. The van der Waals surface area contributed by atoms with Crippen LogP contribution in [0.15, 0.2) is 42.5 Å². The molecule has 0 amide bonds. The van der Waals surface area contributed by atoms with Gasteiger partial charge in [-0.3, -0.25) is 4.79 Å². The fourth-order valence-electron chi connectivity index (χ4n) is 3.50. The number of carbonyl (C=O) groups excluding carboxylic acids is 1. The van der Waals surface area contributed by atoms with Crippen LogP contribution in [0.3, 0.4) is 0 Å². The SMILES string of the molecule is CCOc1cc(C(C)NCCCCc2ccccc2)cc(N(C)CC)c1C(C)=O. The van der Waals surface area contributed by atoms with E-state index in [1.54, 1.807) is 6.92 Å². The van der Waals surface area contributed by atoms with Gasteiger partial charge < -0.3 is 15.0 Å². The van der Waals surface area contributed by atoms with Crippen molar-refractivity contribution in [2.24, 2.45) is 0 Å². The molecule has 1 unspecified atom stereocenters. The third-order valence-corrected chi connectivity index (χ3v) is 5.33. The zero-order valence-corrected chi connectivity index (χ0v) is 18.6. The number of benzene rings is 2. The van der Waals surface area contributed by atoms with E-state index in [1.807, 2.05) is 20.0 Å². The van der Waals surface area contributed by atoms with Crippen LogP contribution >= 0.6 is 0 Å². The smallest absolute Gasteiger partial charge is 0.165 e. The summed E-state index contributed by atoms with van der Waals surface area (Å²) in [6.07, 6.45) is 3.41. The molecule has 158 valence electrons. The highest BCUT2D eigenvalue weighted by atomic mass is 16.5. The minimum Gasteiger partial charge on any atom is -0.493 e. The monoisotopic (exact) mass is 396 g/mol. The molecule has 0 aliphatic heterocycles. The zero-order chi connectivity index (χ0) is 21.2. The third-order valence-electron chi connectivity index (χ3n) is 5.33. The number of ether oxygens (including phenoxy) is 1. The number of rotatable bonds is 12. The Morgan fingerprint density at radius 3 is 2.48 bits per heavy atom. The number of anilines is 1. The lowest BCUT2D eigenvalue weighted by molar-refractivity contribution is 0.101. The number of ketones is 1. The average Bonchev–Trinajstić information content (AvgIpc) is 2.73. The topological polar surface area (TPSA) is 41.6 Å². The van der Waals surface area contributed by atoms with E-state index in [2.05, 4.69) is 60.5 Å². The summed E-state index contributed by atoms with van der Waals surface area (Å²) in [6.45, 7) is 10.2. The van der Waals surface area contributed by atoms with Crippen LogP contribution in [0.1, 0.15) is 68.1 Å². The molecule has 0 spiro atoms. The molecule has 0 bridgehead atoms. The van der Waals surface area contributed by atoms with Gasteiger partial charge in [0.2, 0.25) is 0 Å². The fourth-order valence-corrected chi connectivity index (χ4v) is 3.50. The number of nitrogens with one attached hydrogen (secondary N) is 1. The highest BCUT2D eigenvalue weighted by Gasteiger charge is 2.20. The van der Waals surface area contributed by atoms with E-state index in [-0.39, 0.29) is 11.8 Å². The van der Waals surface area contributed by atoms with E-state index in [0.717, 1.165) is 37.2 Å². The first kappa shape index (κ1) is 23.0. The summed E-state index contributed by atoms with van der Waals surface area (Å²) >= 11 is 0. The summed E-state index contributed by atoms with van der Waals surface area (Å²) in [5.74, 6) is 0.724. The van der Waals surface area contributed by atoms with Crippen molar-refractivity contribution in [3.8, 4) is 5.75 Å². The molecular formula is C25H36N2O2. The van der Waals surface area contributed by atoms with E-state index in [4.69, 9.17) is 4.74 Å². The Morgan fingerprint density at radius 1 is 1.14 bits per heavy atom. The molecule has 0 aliphatic carbocycles. The number of hydrogen-bond donors (Lipinski definition) is 1. The number of unbranched alkanes of at least 4 members (excludes halogenated alkanes) is 1. The second-order valence-corrected chi connectivity index (χ2v) is 7.54. The normalized spacial score (nSPS) is 11.9. The van der Waals surface area contributed by atoms with E-state index in [1.165, 1.54) is 12.0 Å². The maximum Gasteiger partial charge on any atom is 0.165 e. The summed E-state index contributed by atoms with van der Waals surface area (Å²) < 4.78 is 5.84. The minimum absolute atomic E-state index is 0.0387. The Morgan fingerprint density at radius 2 is 1.86 bits per heavy atom. The first-order valence-corrected chi connectivity index (χ1v) is 10.8. The molecule has 2 aromatic rings. The number of carbonyl (C=O) groups is 1. The zero-order valence-electron chi connectivity index (χ0n) is 18.6. The minimum atomic E-state index is 0.0387. The van der Waals surface area contributed by atoms with Crippen LogP contribution in [0, 0.1) is 0 Å². The first-order valence-electron chi connectivity index (χ1n) is 10.8. The molecule has 29 heavy (non-hydrogen) atoms. The molecule has 1 atom stereocenters. The lowest BCUT2D eigenvalue weighted by atomic mass is 9.99. The molecule has 2 aromatic carbocycles. The van der Waals surface area contributed by atoms with Crippen LogP contribution in [-0.4, -0.2) is 32.5 Å². The maximum absolute atomic E-state index is 12.3. The Kier molecular flexibility index (Phi) is 9.20. The molecule has 0 radical (unpaired) electrons. The lowest BCUT2D eigenvalue weighted by Gasteiger charge is -2.25. The number of hydrogen-bond acceptors (Lipinski definition) is 4.